The van der Waals surface area contributed by atoms with Gasteiger partial charge < -0.3 is 4.74 Å². The number of aryl methyl sites for hydroxylation is 1. The molecule has 0 heterocycles. The van der Waals surface area contributed by atoms with Crippen LogP contribution in [0.5, 0.6) is 5.75 Å². The SMILES string of the molecule is CC.CCc1ccc(OC2=CCCC=C2)cc1. The van der Waals surface area contributed by atoms with E-state index in [1.165, 1.54) is 5.56 Å². The lowest BCUT2D eigenvalue weighted by atomic mass is 10.1. The molecule has 0 amide bonds. The molecule has 1 aromatic rings. The molecule has 0 aliphatic heterocycles. The molecule has 1 aromatic carbocycles. The first-order valence-corrected chi connectivity index (χ1v) is 6.52. The topological polar surface area (TPSA) is 9.23 Å². The molecule has 0 spiro atoms. The summed E-state index contributed by atoms with van der Waals surface area (Å²) in [5.41, 5.74) is 1.34. The van der Waals surface area contributed by atoms with Crippen LogP contribution in [0.15, 0.2) is 48.3 Å². The Bertz CT molecular complexity index is 371. The minimum Gasteiger partial charge on any atom is -0.458 e. The minimum atomic E-state index is 0.921. The zero-order valence-corrected chi connectivity index (χ0v) is 11.1. The second-order valence-electron chi connectivity index (χ2n) is 3.69. The number of allylic oxidation sites excluding steroid dienone is 3. The van der Waals surface area contributed by atoms with E-state index in [1.54, 1.807) is 0 Å². The zero-order valence-electron chi connectivity index (χ0n) is 11.1. The number of hydrogen-bond donors (Lipinski definition) is 0. The molecule has 92 valence electrons. The van der Waals surface area contributed by atoms with E-state index in [2.05, 4.69) is 31.2 Å². The molecule has 1 aliphatic rings. The van der Waals surface area contributed by atoms with Gasteiger partial charge in [-0.3, -0.25) is 0 Å². The molecule has 1 heteroatoms. The Morgan fingerprint density at radius 2 is 1.76 bits per heavy atom. The van der Waals surface area contributed by atoms with Crippen molar-refractivity contribution >= 4 is 0 Å². The molecule has 0 saturated carbocycles. The molecule has 0 atom stereocenters. The van der Waals surface area contributed by atoms with E-state index in [1.807, 2.05) is 32.1 Å². The molecule has 0 unspecified atom stereocenters. The first-order valence-electron chi connectivity index (χ1n) is 6.52. The monoisotopic (exact) mass is 230 g/mol. The lowest BCUT2D eigenvalue weighted by Gasteiger charge is -2.09. The predicted molar refractivity (Wildman–Crippen MR) is 74.3 cm³/mol. The standard InChI is InChI=1S/C14H16O.C2H6/c1-2-12-8-10-14(11-9-12)15-13-6-4-3-5-7-13;1-2/h4,6-11H,2-3,5H2,1H3;1-2H3. The van der Waals surface area contributed by atoms with E-state index < -0.39 is 0 Å². The third-order valence-electron chi connectivity index (χ3n) is 2.53. The van der Waals surface area contributed by atoms with Crippen LogP contribution in [0.1, 0.15) is 39.2 Å². The molecule has 0 saturated heterocycles. The average molecular weight is 230 g/mol. The first-order chi connectivity index (χ1) is 8.38. The van der Waals surface area contributed by atoms with E-state index in [4.69, 9.17) is 4.74 Å². The third-order valence-corrected chi connectivity index (χ3v) is 2.53. The Morgan fingerprint density at radius 3 is 2.29 bits per heavy atom. The van der Waals surface area contributed by atoms with Crippen LogP contribution >= 0.6 is 0 Å². The smallest absolute Gasteiger partial charge is 0.127 e. The Balaban J connectivity index is 0.000000686. The van der Waals surface area contributed by atoms with Gasteiger partial charge in [0.05, 0.1) is 0 Å². The van der Waals surface area contributed by atoms with Crippen LogP contribution in [0.3, 0.4) is 0 Å². The summed E-state index contributed by atoms with van der Waals surface area (Å²) in [5.74, 6) is 1.88. The van der Waals surface area contributed by atoms with Crippen LogP contribution in [0.25, 0.3) is 0 Å². The predicted octanol–water partition coefficient (Wildman–Crippen LogP) is 4.89. The van der Waals surface area contributed by atoms with Gasteiger partial charge in [-0.1, -0.05) is 39.0 Å². The highest BCUT2D eigenvalue weighted by Gasteiger charge is 2.00. The fourth-order valence-electron chi connectivity index (χ4n) is 1.59. The molecule has 0 bridgehead atoms. The van der Waals surface area contributed by atoms with Crippen molar-refractivity contribution in [2.45, 2.75) is 40.0 Å². The van der Waals surface area contributed by atoms with Crippen molar-refractivity contribution in [1.29, 1.82) is 0 Å². The van der Waals surface area contributed by atoms with Gasteiger partial charge in [0.15, 0.2) is 0 Å². The van der Waals surface area contributed by atoms with Gasteiger partial charge in [0.1, 0.15) is 11.5 Å². The van der Waals surface area contributed by atoms with Crippen LogP contribution < -0.4 is 4.74 Å². The second kappa shape index (κ2) is 7.72. The van der Waals surface area contributed by atoms with E-state index in [9.17, 15) is 0 Å². The maximum atomic E-state index is 5.73. The molecular weight excluding hydrogens is 208 g/mol. The number of benzene rings is 1. The minimum absolute atomic E-state index is 0.921. The summed E-state index contributed by atoms with van der Waals surface area (Å²) >= 11 is 0. The van der Waals surface area contributed by atoms with Crippen LogP contribution in [0, 0.1) is 0 Å². The number of ether oxygens (including phenoxy) is 1. The summed E-state index contributed by atoms with van der Waals surface area (Å²) in [6, 6.07) is 8.29. The quantitative estimate of drug-likeness (QED) is 0.718. The van der Waals surface area contributed by atoms with Crippen molar-refractivity contribution in [2.75, 3.05) is 0 Å². The van der Waals surface area contributed by atoms with Crippen molar-refractivity contribution in [3.8, 4) is 5.75 Å². The zero-order chi connectivity index (χ0) is 12.5. The van der Waals surface area contributed by atoms with Gasteiger partial charge in [-0.15, -0.1) is 0 Å². The van der Waals surface area contributed by atoms with Crippen LogP contribution in [-0.2, 0) is 6.42 Å². The van der Waals surface area contributed by atoms with Gasteiger partial charge in [0.2, 0.25) is 0 Å². The Morgan fingerprint density at radius 1 is 1.06 bits per heavy atom. The Kier molecular flexibility index (Phi) is 6.16. The largest absolute Gasteiger partial charge is 0.458 e. The van der Waals surface area contributed by atoms with Gasteiger partial charge in [0.25, 0.3) is 0 Å². The van der Waals surface area contributed by atoms with Gasteiger partial charge in [0, 0.05) is 0 Å². The lowest BCUT2D eigenvalue weighted by Crippen LogP contribution is -1.95. The van der Waals surface area contributed by atoms with Crippen molar-refractivity contribution in [1.82, 2.24) is 0 Å². The van der Waals surface area contributed by atoms with Crippen LogP contribution in [0.4, 0.5) is 0 Å². The van der Waals surface area contributed by atoms with Crippen LogP contribution in [-0.4, -0.2) is 0 Å². The fourth-order valence-corrected chi connectivity index (χ4v) is 1.59. The maximum absolute atomic E-state index is 5.73. The van der Waals surface area contributed by atoms with E-state index in [-0.39, 0.29) is 0 Å². The summed E-state index contributed by atoms with van der Waals surface area (Å²) in [7, 11) is 0. The van der Waals surface area contributed by atoms with E-state index >= 15 is 0 Å². The van der Waals surface area contributed by atoms with Crippen molar-refractivity contribution in [2.24, 2.45) is 0 Å². The van der Waals surface area contributed by atoms with Gasteiger partial charge in [-0.25, -0.2) is 0 Å². The average Bonchev–Trinajstić information content (AvgIpc) is 2.43. The summed E-state index contributed by atoms with van der Waals surface area (Å²) < 4.78 is 5.73. The summed E-state index contributed by atoms with van der Waals surface area (Å²) in [4.78, 5) is 0. The molecule has 0 aromatic heterocycles. The third kappa shape index (κ3) is 4.48. The van der Waals surface area contributed by atoms with E-state index in [0.29, 0.717) is 0 Å². The van der Waals surface area contributed by atoms with Crippen molar-refractivity contribution < 1.29 is 4.74 Å². The molecule has 2 rings (SSSR count). The highest BCUT2D eigenvalue weighted by Crippen LogP contribution is 2.18. The maximum Gasteiger partial charge on any atom is 0.127 e. The fraction of sp³-hybridized carbons (Fsp3) is 0.375. The van der Waals surface area contributed by atoms with Gasteiger partial charge in [-0.2, -0.15) is 0 Å². The molecule has 1 nitrogen and oxygen atoms in total. The van der Waals surface area contributed by atoms with Crippen molar-refractivity contribution in [3.63, 3.8) is 0 Å². The van der Waals surface area contributed by atoms with E-state index in [0.717, 1.165) is 30.8 Å². The number of rotatable bonds is 3. The molecule has 0 radical (unpaired) electrons. The highest BCUT2D eigenvalue weighted by molar-refractivity contribution is 5.30. The Hall–Kier alpha value is -1.50. The number of hydrogen-bond acceptors (Lipinski definition) is 1. The normalized spacial score (nSPS) is 13.5. The summed E-state index contributed by atoms with van der Waals surface area (Å²) in [6.07, 6.45) is 9.60. The van der Waals surface area contributed by atoms with Gasteiger partial charge in [-0.05, 0) is 49.1 Å². The summed E-state index contributed by atoms with van der Waals surface area (Å²) in [5, 5.41) is 0. The Labute approximate surface area is 105 Å². The van der Waals surface area contributed by atoms with Gasteiger partial charge >= 0.3 is 0 Å². The lowest BCUT2D eigenvalue weighted by molar-refractivity contribution is 0.439. The first kappa shape index (κ1) is 13.6. The molecule has 0 fully saturated rings. The molecule has 17 heavy (non-hydrogen) atoms. The highest BCUT2D eigenvalue weighted by atomic mass is 16.5. The second-order valence-corrected chi connectivity index (χ2v) is 3.69. The molecule has 0 N–H and O–H groups in total. The molecule has 1 aliphatic carbocycles. The van der Waals surface area contributed by atoms with Crippen molar-refractivity contribution in [3.05, 3.63) is 53.8 Å². The summed E-state index contributed by atoms with van der Waals surface area (Å²) in [6.45, 7) is 6.16. The molecular formula is C16H22O. The van der Waals surface area contributed by atoms with Crippen LogP contribution in [0.2, 0.25) is 0 Å².